The van der Waals surface area contributed by atoms with Gasteiger partial charge in [-0.15, -0.1) is 0 Å². The van der Waals surface area contributed by atoms with Crippen LogP contribution < -0.4 is 9.44 Å². The number of H-pyrrole nitrogens is 1. The van der Waals surface area contributed by atoms with Crippen LogP contribution in [0.3, 0.4) is 0 Å². The maximum atomic E-state index is 13.8. The number of nitrogens with one attached hydrogen (secondary N) is 3. The molecular weight excluding hydrogens is 592 g/mol. The number of carbonyl (C=O) groups excluding carboxylic acids is 1. The van der Waals surface area contributed by atoms with Crippen LogP contribution in [0.4, 0.5) is 4.39 Å². The van der Waals surface area contributed by atoms with Gasteiger partial charge in [-0.25, -0.2) is 30.9 Å². The number of aromatic nitrogens is 2. The second kappa shape index (κ2) is 11.3. The van der Waals surface area contributed by atoms with Crippen molar-refractivity contribution in [3.63, 3.8) is 0 Å². The topological polar surface area (TPSA) is 155 Å². The van der Waals surface area contributed by atoms with Crippen LogP contribution in [-0.2, 0) is 42.1 Å². The summed E-state index contributed by atoms with van der Waals surface area (Å²) < 4.78 is 81.0. The molecule has 0 bridgehead atoms. The Hall–Kier alpha value is -3.72. The molecule has 41 heavy (non-hydrogen) atoms. The number of rotatable bonds is 9. The lowest BCUT2D eigenvalue weighted by Gasteiger charge is -2.18. The summed E-state index contributed by atoms with van der Waals surface area (Å²) in [4.78, 5) is 19.6. The quantitative estimate of drug-likeness (QED) is 0.261. The van der Waals surface area contributed by atoms with E-state index in [9.17, 15) is 30.2 Å². The van der Waals surface area contributed by atoms with Gasteiger partial charge in [0.1, 0.15) is 16.9 Å². The molecule has 0 saturated carbocycles. The highest BCUT2D eigenvalue weighted by atomic mass is 32.2. The minimum Gasteiger partial charge on any atom is -0.341 e. The molecule has 1 amide bonds. The first-order valence-corrected chi connectivity index (χ1v) is 16.9. The van der Waals surface area contributed by atoms with Gasteiger partial charge in [-0.05, 0) is 53.4 Å². The molecule has 3 unspecified atom stereocenters. The molecule has 3 N–H and O–H groups in total. The van der Waals surface area contributed by atoms with Gasteiger partial charge in [-0.1, -0.05) is 42.5 Å². The van der Waals surface area contributed by atoms with E-state index in [1.54, 1.807) is 61.0 Å². The van der Waals surface area contributed by atoms with Crippen LogP contribution in [0.25, 0.3) is 11.3 Å². The van der Waals surface area contributed by atoms with Crippen molar-refractivity contribution in [2.75, 3.05) is 6.26 Å². The fourth-order valence-corrected chi connectivity index (χ4v) is 7.70. The van der Waals surface area contributed by atoms with Crippen molar-refractivity contribution < 1.29 is 30.2 Å². The normalized spacial score (nSPS) is 18.1. The van der Waals surface area contributed by atoms with E-state index in [0.29, 0.717) is 27.5 Å². The molecule has 10 nitrogen and oxygen atoms in total. The lowest BCUT2D eigenvalue weighted by molar-refractivity contribution is -0.118. The van der Waals surface area contributed by atoms with Crippen molar-refractivity contribution in [1.82, 2.24) is 19.4 Å². The van der Waals surface area contributed by atoms with E-state index >= 15 is 0 Å². The minimum atomic E-state index is -4.17. The van der Waals surface area contributed by atoms with Gasteiger partial charge < -0.3 is 4.98 Å². The fraction of sp³-hybridized carbons (Fsp3) is 0.185. The summed E-state index contributed by atoms with van der Waals surface area (Å²) in [6.07, 6.45) is 3.06. The van der Waals surface area contributed by atoms with Gasteiger partial charge in [0.05, 0.1) is 29.2 Å². The maximum absolute atomic E-state index is 13.8. The number of aromatic amines is 1. The Kier molecular flexibility index (Phi) is 7.92. The SMILES string of the molecule is CS(=O)c1ccc(-c2cnc(C(Cc3ccc(C4CC(=O)NS4(=O)=O)cc3)NS(=O)(=O)c3cccc(F)c3)[nH]2)cc1. The summed E-state index contributed by atoms with van der Waals surface area (Å²) >= 11 is 0. The average Bonchev–Trinajstić information content (AvgIpc) is 3.52. The Morgan fingerprint density at radius 2 is 1.80 bits per heavy atom. The number of halogens is 1. The fourth-order valence-electron chi connectivity index (χ4n) is 4.52. The third-order valence-electron chi connectivity index (χ3n) is 6.62. The predicted octanol–water partition coefficient (Wildman–Crippen LogP) is 3.11. The summed E-state index contributed by atoms with van der Waals surface area (Å²) in [7, 11) is -9.13. The molecule has 14 heteroatoms. The molecule has 1 fully saturated rings. The second-order valence-corrected chi connectivity index (χ2v) is 14.5. The van der Waals surface area contributed by atoms with Gasteiger partial charge in [0.15, 0.2) is 0 Å². The molecule has 1 saturated heterocycles. The lowest BCUT2D eigenvalue weighted by atomic mass is 10.0. The van der Waals surface area contributed by atoms with Crippen LogP contribution >= 0.6 is 0 Å². The van der Waals surface area contributed by atoms with Gasteiger partial charge in [0.25, 0.3) is 0 Å². The largest absolute Gasteiger partial charge is 0.341 e. The van der Waals surface area contributed by atoms with Crippen LogP contribution in [0.2, 0.25) is 0 Å². The Morgan fingerprint density at radius 3 is 2.41 bits per heavy atom. The number of hydrogen-bond acceptors (Lipinski definition) is 7. The number of carbonyl (C=O) groups is 1. The lowest BCUT2D eigenvalue weighted by Crippen LogP contribution is -2.31. The molecular formula is C27H25FN4O6S3. The monoisotopic (exact) mass is 616 g/mol. The van der Waals surface area contributed by atoms with E-state index < -0.39 is 53.9 Å². The number of benzene rings is 3. The first kappa shape index (κ1) is 28.8. The van der Waals surface area contributed by atoms with Crippen molar-refractivity contribution in [2.24, 2.45) is 0 Å². The smallest absolute Gasteiger partial charge is 0.242 e. The van der Waals surface area contributed by atoms with E-state index in [1.165, 1.54) is 12.1 Å². The van der Waals surface area contributed by atoms with Crippen LogP contribution in [0.15, 0.2) is 88.8 Å². The molecule has 4 aromatic rings. The van der Waals surface area contributed by atoms with Crippen molar-refractivity contribution in [3.8, 4) is 11.3 Å². The summed E-state index contributed by atoms with van der Waals surface area (Å²) in [5, 5.41) is -1.00. The van der Waals surface area contributed by atoms with Crippen LogP contribution in [-0.4, -0.2) is 43.2 Å². The number of nitrogens with zero attached hydrogens (tertiary/aromatic N) is 1. The van der Waals surface area contributed by atoms with E-state index in [2.05, 4.69) is 14.7 Å². The standard InChI is InChI=1S/C27H25FN4O6S3/c1-39(34)21-11-9-18(10-12-21)24-16-29-27(30-24)23(31-40(35,36)22-4-2-3-20(28)14-22)13-17-5-7-19(8-6-17)25-15-26(33)32-41(25,37)38/h2-12,14,16,23,25,31H,13,15H2,1H3,(H,29,30)(H,32,33). The van der Waals surface area contributed by atoms with Crippen molar-refractivity contribution >= 4 is 36.8 Å². The third-order valence-corrected chi connectivity index (χ3v) is 10.7. The summed E-state index contributed by atoms with van der Waals surface area (Å²) in [5.74, 6) is -0.982. The minimum absolute atomic E-state index is 0.115. The molecule has 214 valence electrons. The Labute approximate surface area is 239 Å². The molecule has 1 aliphatic heterocycles. The average molecular weight is 617 g/mol. The second-order valence-electron chi connectivity index (χ2n) is 9.50. The third kappa shape index (κ3) is 6.45. The molecule has 0 spiro atoms. The highest BCUT2D eigenvalue weighted by molar-refractivity contribution is 7.90. The summed E-state index contributed by atoms with van der Waals surface area (Å²) in [5.41, 5.74) is 2.43. The van der Waals surface area contributed by atoms with Gasteiger partial charge in [0.2, 0.25) is 26.0 Å². The molecule has 0 radical (unpaired) electrons. The molecule has 0 aliphatic carbocycles. The summed E-state index contributed by atoms with van der Waals surface area (Å²) in [6, 6.07) is 17.2. The van der Waals surface area contributed by atoms with Crippen LogP contribution in [0, 0.1) is 5.82 Å². The Morgan fingerprint density at radius 1 is 1.10 bits per heavy atom. The Bertz CT molecular complexity index is 1840. The van der Waals surface area contributed by atoms with E-state index in [4.69, 9.17) is 0 Å². The van der Waals surface area contributed by atoms with Crippen LogP contribution in [0.1, 0.15) is 34.7 Å². The maximum Gasteiger partial charge on any atom is 0.242 e. The molecule has 5 rings (SSSR count). The van der Waals surface area contributed by atoms with E-state index in [1.807, 2.05) is 4.72 Å². The molecule has 3 aromatic carbocycles. The zero-order chi connectivity index (χ0) is 29.4. The number of hydrogen-bond donors (Lipinski definition) is 3. The molecule has 1 aliphatic rings. The first-order chi connectivity index (χ1) is 19.4. The predicted molar refractivity (Wildman–Crippen MR) is 150 cm³/mol. The van der Waals surface area contributed by atoms with Crippen molar-refractivity contribution in [3.05, 3.63) is 102 Å². The first-order valence-electron chi connectivity index (χ1n) is 12.3. The van der Waals surface area contributed by atoms with Gasteiger partial charge in [0, 0.05) is 22.0 Å². The molecule has 3 atom stereocenters. The van der Waals surface area contributed by atoms with Gasteiger partial charge in [-0.2, -0.15) is 0 Å². The van der Waals surface area contributed by atoms with Crippen molar-refractivity contribution in [1.29, 1.82) is 0 Å². The zero-order valence-electron chi connectivity index (χ0n) is 21.6. The summed E-state index contributed by atoms with van der Waals surface area (Å²) in [6.45, 7) is 0. The van der Waals surface area contributed by atoms with Crippen molar-refractivity contribution in [2.45, 2.75) is 33.9 Å². The van der Waals surface area contributed by atoms with Gasteiger partial charge >= 0.3 is 0 Å². The highest BCUT2D eigenvalue weighted by Gasteiger charge is 2.37. The highest BCUT2D eigenvalue weighted by Crippen LogP contribution is 2.31. The number of amides is 1. The van der Waals surface area contributed by atoms with Gasteiger partial charge in [-0.3, -0.25) is 13.7 Å². The van der Waals surface area contributed by atoms with E-state index in [-0.39, 0.29) is 17.7 Å². The number of sulfonamides is 2. The molecule has 1 aromatic heterocycles. The number of imidazole rings is 1. The van der Waals surface area contributed by atoms with Crippen LogP contribution in [0.5, 0.6) is 0 Å². The Balaban J connectivity index is 1.45. The zero-order valence-corrected chi connectivity index (χ0v) is 24.0. The van der Waals surface area contributed by atoms with E-state index in [0.717, 1.165) is 17.7 Å². The molecule has 2 heterocycles.